The van der Waals surface area contributed by atoms with Crippen molar-refractivity contribution in [2.75, 3.05) is 6.54 Å². The Morgan fingerprint density at radius 2 is 2.19 bits per heavy atom. The normalized spacial score (nSPS) is 18.5. The van der Waals surface area contributed by atoms with Gasteiger partial charge in [0.2, 0.25) is 0 Å². The van der Waals surface area contributed by atoms with Crippen LogP contribution in [0.15, 0.2) is 24.5 Å². The smallest absolute Gasteiger partial charge is 0.133 e. The molecule has 3 heterocycles. The third-order valence-corrected chi connectivity index (χ3v) is 4.54. The SMILES string of the molecule is Clc1ncccc1CN1CCc2nc(C3CC3)ncc2C1. The molecule has 2 aromatic heterocycles. The van der Waals surface area contributed by atoms with E-state index in [9.17, 15) is 0 Å². The summed E-state index contributed by atoms with van der Waals surface area (Å²) in [4.78, 5) is 15.8. The predicted molar refractivity (Wildman–Crippen MR) is 81.1 cm³/mol. The molecule has 0 spiro atoms. The van der Waals surface area contributed by atoms with Gasteiger partial charge < -0.3 is 0 Å². The lowest BCUT2D eigenvalue weighted by atomic mass is 10.1. The van der Waals surface area contributed by atoms with Crippen LogP contribution in [0.3, 0.4) is 0 Å². The largest absolute Gasteiger partial charge is 0.294 e. The minimum atomic E-state index is 0.601. The molecular weight excluding hydrogens is 284 g/mol. The van der Waals surface area contributed by atoms with Gasteiger partial charge in [0.15, 0.2) is 0 Å². The monoisotopic (exact) mass is 300 g/mol. The summed E-state index contributed by atoms with van der Waals surface area (Å²) in [7, 11) is 0. The van der Waals surface area contributed by atoms with E-state index in [2.05, 4.69) is 14.9 Å². The van der Waals surface area contributed by atoms with Crippen LogP contribution in [0, 0.1) is 0 Å². The molecule has 0 amide bonds. The standard InChI is InChI=1S/C16H17ClN4/c17-15-12(2-1-6-18-15)9-21-7-5-14-13(10-21)8-19-16(20-14)11-3-4-11/h1-2,6,8,11H,3-5,7,9-10H2. The molecule has 5 heteroatoms. The molecule has 1 aliphatic heterocycles. The second-order valence-electron chi connectivity index (χ2n) is 5.89. The quantitative estimate of drug-likeness (QED) is 0.817. The molecule has 108 valence electrons. The number of halogens is 1. The van der Waals surface area contributed by atoms with Crippen molar-refractivity contribution >= 4 is 11.6 Å². The van der Waals surface area contributed by atoms with Crippen LogP contribution >= 0.6 is 11.6 Å². The van der Waals surface area contributed by atoms with Gasteiger partial charge in [-0.1, -0.05) is 17.7 Å². The number of hydrogen-bond donors (Lipinski definition) is 0. The van der Waals surface area contributed by atoms with Crippen molar-refractivity contribution in [2.24, 2.45) is 0 Å². The zero-order valence-electron chi connectivity index (χ0n) is 11.8. The molecule has 1 saturated carbocycles. The highest BCUT2D eigenvalue weighted by atomic mass is 35.5. The predicted octanol–water partition coefficient (Wildman–Crippen LogP) is 2.96. The van der Waals surface area contributed by atoms with Gasteiger partial charge in [-0.05, 0) is 18.9 Å². The number of hydrogen-bond acceptors (Lipinski definition) is 4. The Bertz CT molecular complexity index is 669. The number of rotatable bonds is 3. The van der Waals surface area contributed by atoms with Gasteiger partial charge >= 0.3 is 0 Å². The van der Waals surface area contributed by atoms with Gasteiger partial charge in [0, 0.05) is 61.2 Å². The molecule has 4 nitrogen and oxygen atoms in total. The number of pyridine rings is 1. The van der Waals surface area contributed by atoms with Crippen molar-refractivity contribution in [3.8, 4) is 0 Å². The van der Waals surface area contributed by atoms with Crippen LogP contribution < -0.4 is 0 Å². The maximum Gasteiger partial charge on any atom is 0.133 e. The molecule has 0 bridgehead atoms. The highest BCUT2D eigenvalue weighted by molar-refractivity contribution is 6.30. The molecule has 0 radical (unpaired) electrons. The lowest BCUT2D eigenvalue weighted by molar-refractivity contribution is 0.242. The molecule has 0 aromatic carbocycles. The first-order chi connectivity index (χ1) is 10.3. The fourth-order valence-electron chi connectivity index (χ4n) is 2.84. The molecule has 2 aliphatic rings. The van der Waals surface area contributed by atoms with Crippen LogP contribution in [0.1, 0.15) is 41.4 Å². The first kappa shape index (κ1) is 13.2. The van der Waals surface area contributed by atoms with Gasteiger partial charge in [-0.25, -0.2) is 15.0 Å². The Morgan fingerprint density at radius 1 is 1.29 bits per heavy atom. The van der Waals surface area contributed by atoms with Crippen LogP contribution in [0.4, 0.5) is 0 Å². The second-order valence-corrected chi connectivity index (χ2v) is 6.25. The van der Waals surface area contributed by atoms with E-state index in [4.69, 9.17) is 16.6 Å². The lowest BCUT2D eigenvalue weighted by Crippen LogP contribution is -2.31. The van der Waals surface area contributed by atoms with Crippen molar-refractivity contribution < 1.29 is 0 Å². The summed E-state index contributed by atoms with van der Waals surface area (Å²) in [5.74, 6) is 1.68. The van der Waals surface area contributed by atoms with Crippen LogP contribution in [-0.4, -0.2) is 26.4 Å². The summed E-state index contributed by atoms with van der Waals surface area (Å²) in [6.45, 7) is 2.74. The van der Waals surface area contributed by atoms with E-state index in [0.29, 0.717) is 11.1 Å². The molecule has 2 aromatic rings. The highest BCUT2D eigenvalue weighted by Gasteiger charge is 2.28. The third kappa shape index (κ3) is 2.78. The molecule has 0 N–H and O–H groups in total. The van der Waals surface area contributed by atoms with Gasteiger partial charge in [-0.3, -0.25) is 4.90 Å². The van der Waals surface area contributed by atoms with Gasteiger partial charge in [0.25, 0.3) is 0 Å². The molecule has 1 aliphatic carbocycles. The number of nitrogens with zero attached hydrogens (tertiary/aromatic N) is 4. The number of fused-ring (bicyclic) bond motifs is 1. The van der Waals surface area contributed by atoms with Crippen LogP contribution in [0.2, 0.25) is 5.15 Å². The molecule has 4 rings (SSSR count). The second kappa shape index (κ2) is 5.35. The third-order valence-electron chi connectivity index (χ3n) is 4.20. The summed E-state index contributed by atoms with van der Waals surface area (Å²) >= 11 is 6.14. The van der Waals surface area contributed by atoms with E-state index in [-0.39, 0.29) is 0 Å². The molecule has 0 saturated heterocycles. The lowest BCUT2D eigenvalue weighted by Gasteiger charge is -2.28. The molecule has 21 heavy (non-hydrogen) atoms. The zero-order chi connectivity index (χ0) is 14.2. The Balaban J connectivity index is 1.50. The summed E-state index contributed by atoms with van der Waals surface area (Å²) in [5.41, 5.74) is 3.57. The van der Waals surface area contributed by atoms with Gasteiger partial charge in [-0.2, -0.15) is 0 Å². The Morgan fingerprint density at radius 3 is 3.00 bits per heavy atom. The highest BCUT2D eigenvalue weighted by Crippen LogP contribution is 2.38. The fraction of sp³-hybridized carbons (Fsp3) is 0.438. The molecule has 0 atom stereocenters. The van der Waals surface area contributed by atoms with Crippen molar-refractivity contribution in [3.63, 3.8) is 0 Å². The van der Waals surface area contributed by atoms with Gasteiger partial charge in [0.1, 0.15) is 11.0 Å². The number of aromatic nitrogens is 3. The van der Waals surface area contributed by atoms with Crippen molar-refractivity contribution in [1.29, 1.82) is 0 Å². The van der Waals surface area contributed by atoms with Crippen molar-refractivity contribution in [3.05, 3.63) is 52.3 Å². The van der Waals surface area contributed by atoms with E-state index in [0.717, 1.165) is 37.4 Å². The van der Waals surface area contributed by atoms with E-state index >= 15 is 0 Å². The maximum absolute atomic E-state index is 6.14. The van der Waals surface area contributed by atoms with E-state index in [1.807, 2.05) is 18.3 Å². The first-order valence-electron chi connectivity index (χ1n) is 7.46. The fourth-order valence-corrected chi connectivity index (χ4v) is 3.02. The summed E-state index contributed by atoms with van der Waals surface area (Å²) in [5, 5.41) is 0.601. The maximum atomic E-state index is 6.14. The minimum absolute atomic E-state index is 0.601. The Labute approximate surface area is 129 Å². The average molecular weight is 301 g/mol. The summed E-state index contributed by atoms with van der Waals surface area (Å²) < 4.78 is 0. The molecule has 1 fully saturated rings. The zero-order valence-corrected chi connectivity index (χ0v) is 12.6. The van der Waals surface area contributed by atoms with E-state index in [1.54, 1.807) is 6.20 Å². The van der Waals surface area contributed by atoms with Gasteiger partial charge in [0.05, 0.1) is 0 Å². The Hall–Kier alpha value is -1.52. The first-order valence-corrected chi connectivity index (χ1v) is 7.84. The van der Waals surface area contributed by atoms with Crippen LogP contribution in [0.5, 0.6) is 0 Å². The topological polar surface area (TPSA) is 41.9 Å². The van der Waals surface area contributed by atoms with Crippen molar-refractivity contribution in [2.45, 2.75) is 38.3 Å². The molecule has 0 unspecified atom stereocenters. The minimum Gasteiger partial charge on any atom is -0.294 e. The summed E-state index contributed by atoms with van der Waals surface area (Å²) in [6, 6.07) is 3.97. The molecular formula is C16H17ClN4. The van der Waals surface area contributed by atoms with Crippen LogP contribution in [-0.2, 0) is 19.5 Å². The van der Waals surface area contributed by atoms with Gasteiger partial charge in [-0.15, -0.1) is 0 Å². The van der Waals surface area contributed by atoms with E-state index in [1.165, 1.54) is 24.1 Å². The Kier molecular flexibility index (Phi) is 3.36. The van der Waals surface area contributed by atoms with Crippen LogP contribution in [0.25, 0.3) is 0 Å². The van der Waals surface area contributed by atoms with E-state index < -0.39 is 0 Å². The van der Waals surface area contributed by atoms with Crippen molar-refractivity contribution in [1.82, 2.24) is 19.9 Å². The average Bonchev–Trinajstić information content (AvgIpc) is 3.34. The summed E-state index contributed by atoms with van der Waals surface area (Å²) in [6.07, 6.45) is 7.25.